The van der Waals surface area contributed by atoms with Gasteiger partial charge in [0.15, 0.2) is 0 Å². The summed E-state index contributed by atoms with van der Waals surface area (Å²) in [4.78, 5) is 59.9. The van der Waals surface area contributed by atoms with Gasteiger partial charge in [-0.3, -0.25) is 14.5 Å². The molecule has 0 spiro atoms. The highest BCUT2D eigenvalue weighted by Gasteiger charge is 2.38. The maximum absolute atomic E-state index is 14.2. The molecule has 53 heavy (non-hydrogen) atoms. The van der Waals surface area contributed by atoms with E-state index < -0.39 is 6.09 Å². The fourth-order valence-electron chi connectivity index (χ4n) is 7.80. The van der Waals surface area contributed by atoms with E-state index >= 15 is 0 Å². The number of nitrogens with zero attached hydrogens (tertiary/aromatic N) is 5. The number of carbonyl (C=O) groups is 3. The number of hydrogen-bond acceptors (Lipinski definition) is 6. The smallest absolute Gasteiger partial charge is 0.405 e. The van der Waals surface area contributed by atoms with E-state index in [1.54, 1.807) is 11.1 Å². The number of likely N-dealkylation sites (tertiary alicyclic amines) is 2. The number of amides is 3. The van der Waals surface area contributed by atoms with Crippen LogP contribution in [-0.4, -0.2) is 90.4 Å². The number of rotatable bonds is 12. The summed E-state index contributed by atoms with van der Waals surface area (Å²) in [5, 5.41) is 11.0. The van der Waals surface area contributed by atoms with Crippen molar-refractivity contribution in [2.24, 2.45) is 0 Å². The maximum Gasteiger partial charge on any atom is 0.405 e. The van der Waals surface area contributed by atoms with Crippen LogP contribution in [0.15, 0.2) is 91.3 Å². The average Bonchev–Trinajstić information content (AvgIpc) is 4.03. The lowest BCUT2D eigenvalue weighted by atomic mass is 10.0. The van der Waals surface area contributed by atoms with Crippen LogP contribution in [0.3, 0.4) is 0 Å². The molecule has 0 radical (unpaired) electrons. The van der Waals surface area contributed by atoms with Crippen molar-refractivity contribution in [3.63, 3.8) is 0 Å². The third kappa shape index (κ3) is 7.59. The molecule has 2 aliphatic heterocycles. The van der Waals surface area contributed by atoms with Crippen LogP contribution in [0.1, 0.15) is 74.9 Å². The first kappa shape index (κ1) is 35.6. The molecule has 2 saturated heterocycles. The SMILES string of the molecule is CCN(CC)[C@@H](C(=O)N1CCC[C@H]1c1ncc(-c2ccc(-c3ccc(-c4cnc([C@@H]5CCCN5C(=O)CNC(=O)O)[nH]4)cc3)cc2)[nH]1)c1ccccc1. The van der Waals surface area contributed by atoms with E-state index in [0.29, 0.717) is 18.9 Å². The molecule has 4 N–H and O–H groups in total. The highest BCUT2D eigenvalue weighted by Crippen LogP contribution is 2.36. The molecule has 0 aliphatic carbocycles. The van der Waals surface area contributed by atoms with Crippen molar-refractivity contribution in [3.05, 3.63) is 108 Å². The van der Waals surface area contributed by atoms with Crippen molar-refractivity contribution in [1.29, 1.82) is 0 Å². The van der Waals surface area contributed by atoms with Crippen LogP contribution in [0.25, 0.3) is 33.6 Å². The largest absolute Gasteiger partial charge is 0.465 e. The number of likely N-dealkylation sites (N-methyl/N-ethyl adjacent to an activating group) is 1. The second-order valence-corrected chi connectivity index (χ2v) is 13.6. The fourth-order valence-corrected chi connectivity index (χ4v) is 7.80. The summed E-state index contributed by atoms with van der Waals surface area (Å²) in [5.41, 5.74) is 6.94. The van der Waals surface area contributed by atoms with Crippen LogP contribution < -0.4 is 5.32 Å². The van der Waals surface area contributed by atoms with Gasteiger partial charge in [0, 0.05) is 13.1 Å². The van der Waals surface area contributed by atoms with Gasteiger partial charge in [-0.15, -0.1) is 0 Å². The van der Waals surface area contributed by atoms with Gasteiger partial charge in [0.25, 0.3) is 0 Å². The van der Waals surface area contributed by atoms with E-state index in [-0.39, 0.29) is 36.5 Å². The zero-order valence-electron chi connectivity index (χ0n) is 30.2. The number of benzene rings is 3. The zero-order chi connectivity index (χ0) is 36.9. The van der Waals surface area contributed by atoms with Gasteiger partial charge in [-0.1, -0.05) is 92.7 Å². The number of imidazole rings is 2. The molecule has 3 aromatic carbocycles. The molecule has 0 unspecified atom stereocenters. The summed E-state index contributed by atoms with van der Waals surface area (Å²) < 4.78 is 0. The molecule has 0 saturated carbocycles. The van der Waals surface area contributed by atoms with E-state index in [2.05, 4.69) is 75.4 Å². The summed E-state index contributed by atoms with van der Waals surface area (Å²) in [6.45, 7) is 6.83. The number of H-pyrrole nitrogens is 2. The zero-order valence-corrected chi connectivity index (χ0v) is 30.2. The average molecular weight is 715 g/mol. The third-order valence-electron chi connectivity index (χ3n) is 10.6. The van der Waals surface area contributed by atoms with E-state index in [4.69, 9.17) is 10.1 Å². The number of aromatic nitrogens is 4. The van der Waals surface area contributed by atoms with Crippen molar-refractivity contribution in [3.8, 4) is 33.6 Å². The van der Waals surface area contributed by atoms with Crippen LogP contribution in [0, 0.1) is 0 Å². The van der Waals surface area contributed by atoms with Crippen molar-refractivity contribution in [2.75, 3.05) is 32.7 Å². The van der Waals surface area contributed by atoms with Gasteiger partial charge in [-0.05, 0) is 66.6 Å². The van der Waals surface area contributed by atoms with Crippen molar-refractivity contribution < 1.29 is 19.5 Å². The second kappa shape index (κ2) is 15.9. The Kier molecular flexibility index (Phi) is 10.7. The van der Waals surface area contributed by atoms with Gasteiger partial charge in [0.05, 0.1) is 35.9 Å². The molecular formula is C41H46N8O4. The summed E-state index contributed by atoms with van der Waals surface area (Å²) in [6.07, 6.45) is 5.85. The molecule has 12 nitrogen and oxygen atoms in total. The fraction of sp³-hybridized carbons (Fsp3) is 0.341. The van der Waals surface area contributed by atoms with Gasteiger partial charge in [-0.2, -0.15) is 0 Å². The Morgan fingerprint density at radius 1 is 0.755 bits per heavy atom. The van der Waals surface area contributed by atoms with Gasteiger partial charge in [0.1, 0.15) is 24.2 Å². The van der Waals surface area contributed by atoms with Gasteiger partial charge in [-0.25, -0.2) is 14.8 Å². The third-order valence-corrected chi connectivity index (χ3v) is 10.6. The minimum absolute atomic E-state index is 0.0949. The number of carboxylic acid groups (broad SMARTS) is 1. The van der Waals surface area contributed by atoms with Crippen LogP contribution in [0.2, 0.25) is 0 Å². The first-order valence-corrected chi connectivity index (χ1v) is 18.5. The van der Waals surface area contributed by atoms with Gasteiger partial charge >= 0.3 is 6.09 Å². The number of nitrogens with one attached hydrogen (secondary N) is 3. The van der Waals surface area contributed by atoms with Crippen molar-refractivity contribution >= 4 is 17.9 Å². The molecule has 3 amide bonds. The first-order valence-electron chi connectivity index (χ1n) is 18.5. The standard InChI is InChI=1S/C41H46N8O4/c1-3-47(4-2)37(31-10-6-5-7-11-31)40(51)49-23-9-13-35(49)39-43-25-33(46-39)30-20-16-28(17-21-30)27-14-18-29(19-15-27)32-24-42-38(45-32)34-12-8-22-48(34)36(50)26-44-41(52)53/h5-7,10-11,14-21,24-25,34-35,37,44H,3-4,8-9,12-13,22-23,26H2,1-2H3,(H,42,45)(H,43,46)(H,52,53)/t34-,35-,37+/m0/s1. The Balaban J connectivity index is 1.01. The minimum Gasteiger partial charge on any atom is -0.465 e. The molecular weight excluding hydrogens is 669 g/mol. The Morgan fingerprint density at radius 3 is 1.75 bits per heavy atom. The molecule has 4 heterocycles. The molecule has 2 aromatic heterocycles. The maximum atomic E-state index is 14.2. The van der Waals surface area contributed by atoms with Crippen LogP contribution in [0.5, 0.6) is 0 Å². The second-order valence-electron chi connectivity index (χ2n) is 13.6. The highest BCUT2D eigenvalue weighted by molar-refractivity contribution is 5.84. The minimum atomic E-state index is -1.22. The van der Waals surface area contributed by atoms with Crippen LogP contribution >= 0.6 is 0 Å². The first-order chi connectivity index (χ1) is 25.8. The summed E-state index contributed by atoms with van der Waals surface area (Å²) in [7, 11) is 0. The van der Waals surface area contributed by atoms with Crippen molar-refractivity contribution in [2.45, 2.75) is 57.7 Å². The molecule has 0 bridgehead atoms. The van der Waals surface area contributed by atoms with E-state index in [1.165, 1.54) is 0 Å². The van der Waals surface area contributed by atoms with Gasteiger partial charge < -0.3 is 30.2 Å². The lowest BCUT2D eigenvalue weighted by Gasteiger charge is -2.34. The van der Waals surface area contributed by atoms with Gasteiger partial charge in [0.2, 0.25) is 11.8 Å². The normalized spacial score (nSPS) is 17.7. The number of aromatic amines is 2. The number of carbonyl (C=O) groups excluding carboxylic acids is 2. The molecule has 2 aliphatic rings. The Labute approximate surface area is 309 Å². The summed E-state index contributed by atoms with van der Waals surface area (Å²) in [5.74, 6) is 1.39. The summed E-state index contributed by atoms with van der Waals surface area (Å²) in [6, 6.07) is 26.1. The van der Waals surface area contributed by atoms with Crippen molar-refractivity contribution in [1.82, 2.24) is 40.0 Å². The topological polar surface area (TPSA) is 151 Å². The Bertz CT molecular complexity index is 2020. The van der Waals surface area contributed by atoms with E-state index in [1.807, 2.05) is 53.6 Å². The molecule has 7 rings (SSSR count). The highest BCUT2D eigenvalue weighted by atomic mass is 16.4. The molecule has 2 fully saturated rings. The Hall–Kier alpha value is -5.75. The quantitative estimate of drug-likeness (QED) is 0.111. The molecule has 274 valence electrons. The van der Waals surface area contributed by atoms with E-state index in [0.717, 1.165) is 83.8 Å². The lowest BCUT2D eigenvalue weighted by Crippen LogP contribution is -2.43. The molecule has 12 heteroatoms. The Morgan fingerprint density at radius 2 is 1.25 bits per heavy atom. The monoisotopic (exact) mass is 714 g/mol. The van der Waals surface area contributed by atoms with E-state index in [9.17, 15) is 14.4 Å². The molecule has 5 aromatic rings. The predicted octanol–water partition coefficient (Wildman–Crippen LogP) is 6.81. The molecule has 3 atom stereocenters. The predicted molar refractivity (Wildman–Crippen MR) is 203 cm³/mol. The lowest BCUT2D eigenvalue weighted by molar-refractivity contribution is -0.138. The van der Waals surface area contributed by atoms with Crippen LogP contribution in [0.4, 0.5) is 4.79 Å². The van der Waals surface area contributed by atoms with Crippen LogP contribution in [-0.2, 0) is 9.59 Å². The summed E-state index contributed by atoms with van der Waals surface area (Å²) >= 11 is 0. The number of hydrogen-bond donors (Lipinski definition) is 4.